The fourth-order valence-corrected chi connectivity index (χ4v) is 2.05. The monoisotopic (exact) mass is 186 g/mol. The minimum atomic E-state index is -0.01000. The molecule has 0 radical (unpaired) electrons. The van der Waals surface area contributed by atoms with Crippen molar-refractivity contribution >= 4 is 0 Å². The molecule has 1 heterocycles. The van der Waals surface area contributed by atoms with Gasteiger partial charge in [0.2, 0.25) is 0 Å². The quantitative estimate of drug-likeness (QED) is 0.671. The molecule has 1 aliphatic heterocycles. The van der Waals surface area contributed by atoms with Crippen LogP contribution in [0.1, 0.15) is 26.2 Å². The van der Waals surface area contributed by atoms with Gasteiger partial charge in [0.1, 0.15) is 0 Å². The topological polar surface area (TPSA) is 35.5 Å². The highest BCUT2D eigenvalue weighted by atomic mass is 16.3. The van der Waals surface area contributed by atoms with Gasteiger partial charge in [-0.3, -0.25) is 0 Å². The highest BCUT2D eigenvalue weighted by Crippen LogP contribution is 2.21. The van der Waals surface area contributed by atoms with Crippen LogP contribution < -0.4 is 5.32 Å². The molecule has 78 valence electrons. The van der Waals surface area contributed by atoms with Crippen molar-refractivity contribution in [2.24, 2.45) is 0 Å². The van der Waals surface area contributed by atoms with Crippen LogP contribution >= 0.6 is 0 Å². The first kappa shape index (κ1) is 11.0. The Labute approximate surface area is 81.1 Å². The molecule has 1 aliphatic rings. The third kappa shape index (κ3) is 2.66. The van der Waals surface area contributed by atoms with Crippen molar-refractivity contribution in [1.82, 2.24) is 10.2 Å². The summed E-state index contributed by atoms with van der Waals surface area (Å²) in [6.07, 6.45) is 3.35. The Balaban J connectivity index is 2.51. The van der Waals surface area contributed by atoms with Gasteiger partial charge in [-0.2, -0.15) is 0 Å². The molecule has 3 nitrogen and oxygen atoms in total. The van der Waals surface area contributed by atoms with Crippen LogP contribution in [0, 0.1) is 0 Å². The molecule has 13 heavy (non-hydrogen) atoms. The number of nitrogens with one attached hydrogen (secondary N) is 1. The summed E-state index contributed by atoms with van der Waals surface area (Å²) in [5.41, 5.74) is -0.01000. The molecule has 3 heteroatoms. The fourth-order valence-electron chi connectivity index (χ4n) is 2.05. The molecular weight excluding hydrogens is 164 g/mol. The van der Waals surface area contributed by atoms with Gasteiger partial charge in [0.15, 0.2) is 0 Å². The summed E-state index contributed by atoms with van der Waals surface area (Å²) >= 11 is 0. The van der Waals surface area contributed by atoms with Gasteiger partial charge in [-0.25, -0.2) is 0 Å². The van der Waals surface area contributed by atoms with E-state index in [0.29, 0.717) is 0 Å². The van der Waals surface area contributed by atoms with E-state index in [-0.39, 0.29) is 12.1 Å². The Kier molecular flexibility index (Phi) is 4.16. The molecule has 1 unspecified atom stereocenters. The average molecular weight is 186 g/mol. The molecule has 2 N–H and O–H groups in total. The summed E-state index contributed by atoms with van der Waals surface area (Å²) in [6.45, 7) is 5.88. The average Bonchev–Trinajstić information content (AvgIpc) is 2.40. The number of nitrogens with zero attached hydrogens (tertiary/aromatic N) is 1. The van der Waals surface area contributed by atoms with Gasteiger partial charge in [-0.1, -0.05) is 6.92 Å². The SMILES string of the molecule is CCN1CCCC(CO)(NC)CC1. The van der Waals surface area contributed by atoms with Crippen molar-refractivity contribution in [1.29, 1.82) is 0 Å². The molecule has 0 aromatic carbocycles. The Morgan fingerprint density at radius 2 is 2.15 bits per heavy atom. The molecule has 0 amide bonds. The standard InChI is InChI=1S/C10H22N2O/c1-3-12-7-4-5-10(9-13,11-2)6-8-12/h11,13H,3-9H2,1-2H3. The third-order valence-corrected chi connectivity index (χ3v) is 3.32. The lowest BCUT2D eigenvalue weighted by Gasteiger charge is -2.30. The third-order valence-electron chi connectivity index (χ3n) is 3.32. The lowest BCUT2D eigenvalue weighted by molar-refractivity contribution is 0.151. The van der Waals surface area contributed by atoms with E-state index >= 15 is 0 Å². The van der Waals surface area contributed by atoms with E-state index in [4.69, 9.17) is 0 Å². The van der Waals surface area contributed by atoms with Gasteiger partial charge < -0.3 is 15.3 Å². The van der Waals surface area contributed by atoms with Crippen molar-refractivity contribution in [2.75, 3.05) is 33.3 Å². The van der Waals surface area contributed by atoms with Crippen molar-refractivity contribution in [3.05, 3.63) is 0 Å². The summed E-state index contributed by atoms with van der Waals surface area (Å²) in [7, 11) is 1.96. The second-order valence-electron chi connectivity index (χ2n) is 3.98. The minimum absolute atomic E-state index is 0.01000. The van der Waals surface area contributed by atoms with Crippen LogP contribution in [0.15, 0.2) is 0 Å². The smallest absolute Gasteiger partial charge is 0.0613 e. The zero-order valence-corrected chi connectivity index (χ0v) is 8.84. The molecule has 0 aliphatic carbocycles. The van der Waals surface area contributed by atoms with Crippen molar-refractivity contribution in [3.8, 4) is 0 Å². The van der Waals surface area contributed by atoms with Crippen molar-refractivity contribution < 1.29 is 5.11 Å². The number of likely N-dealkylation sites (tertiary alicyclic amines) is 1. The maximum Gasteiger partial charge on any atom is 0.0613 e. The summed E-state index contributed by atoms with van der Waals surface area (Å²) in [4.78, 5) is 2.45. The number of likely N-dealkylation sites (N-methyl/N-ethyl adjacent to an activating group) is 1. The molecule has 1 saturated heterocycles. The number of aliphatic hydroxyl groups is 1. The molecular formula is C10H22N2O. The Morgan fingerprint density at radius 3 is 2.69 bits per heavy atom. The first-order chi connectivity index (χ1) is 6.26. The molecule has 1 atom stereocenters. The Bertz CT molecular complexity index is 146. The van der Waals surface area contributed by atoms with E-state index in [9.17, 15) is 5.11 Å². The van der Waals surface area contributed by atoms with Crippen LogP contribution in [-0.2, 0) is 0 Å². The predicted octanol–water partition coefficient (Wildman–Crippen LogP) is 0.443. The van der Waals surface area contributed by atoms with Gasteiger partial charge in [-0.15, -0.1) is 0 Å². The first-order valence-corrected chi connectivity index (χ1v) is 5.28. The van der Waals surface area contributed by atoms with Gasteiger partial charge in [0.25, 0.3) is 0 Å². The van der Waals surface area contributed by atoms with E-state index in [1.54, 1.807) is 0 Å². The van der Waals surface area contributed by atoms with Gasteiger partial charge >= 0.3 is 0 Å². The highest BCUT2D eigenvalue weighted by Gasteiger charge is 2.29. The van der Waals surface area contributed by atoms with Crippen LogP contribution in [0.3, 0.4) is 0 Å². The molecule has 0 bridgehead atoms. The Hall–Kier alpha value is -0.120. The minimum Gasteiger partial charge on any atom is -0.394 e. The first-order valence-electron chi connectivity index (χ1n) is 5.28. The number of hydrogen-bond donors (Lipinski definition) is 2. The molecule has 1 rings (SSSR count). The van der Waals surface area contributed by atoms with Gasteiger partial charge in [-0.05, 0) is 45.9 Å². The molecule has 0 aromatic heterocycles. The van der Waals surface area contributed by atoms with Crippen LogP contribution in [0.2, 0.25) is 0 Å². The molecule has 0 aromatic rings. The Morgan fingerprint density at radius 1 is 1.38 bits per heavy atom. The number of rotatable bonds is 3. The van der Waals surface area contributed by atoms with Crippen LogP contribution in [0.4, 0.5) is 0 Å². The maximum atomic E-state index is 9.34. The second kappa shape index (κ2) is 4.94. The summed E-state index contributed by atoms with van der Waals surface area (Å²) < 4.78 is 0. The number of hydrogen-bond acceptors (Lipinski definition) is 3. The zero-order valence-electron chi connectivity index (χ0n) is 8.84. The van der Waals surface area contributed by atoms with Crippen molar-refractivity contribution in [3.63, 3.8) is 0 Å². The lowest BCUT2D eigenvalue weighted by Crippen LogP contribution is -2.47. The second-order valence-corrected chi connectivity index (χ2v) is 3.98. The summed E-state index contributed by atoms with van der Waals surface area (Å²) in [5, 5.41) is 12.6. The van der Waals surface area contributed by atoms with E-state index in [2.05, 4.69) is 17.1 Å². The largest absolute Gasteiger partial charge is 0.394 e. The van der Waals surface area contributed by atoms with E-state index in [1.807, 2.05) is 7.05 Å². The molecule has 0 saturated carbocycles. The fraction of sp³-hybridized carbons (Fsp3) is 1.00. The number of aliphatic hydroxyl groups excluding tert-OH is 1. The van der Waals surface area contributed by atoms with E-state index in [0.717, 1.165) is 25.9 Å². The predicted molar refractivity (Wildman–Crippen MR) is 54.8 cm³/mol. The van der Waals surface area contributed by atoms with Crippen LogP contribution in [0.5, 0.6) is 0 Å². The molecule has 1 fully saturated rings. The van der Waals surface area contributed by atoms with E-state index in [1.165, 1.54) is 13.0 Å². The van der Waals surface area contributed by atoms with Crippen LogP contribution in [0.25, 0.3) is 0 Å². The zero-order chi connectivity index (χ0) is 9.73. The van der Waals surface area contributed by atoms with Crippen LogP contribution in [-0.4, -0.2) is 48.8 Å². The van der Waals surface area contributed by atoms with E-state index < -0.39 is 0 Å². The van der Waals surface area contributed by atoms with Crippen molar-refractivity contribution in [2.45, 2.75) is 31.7 Å². The maximum absolute atomic E-state index is 9.34. The highest BCUT2D eigenvalue weighted by molar-refractivity contribution is 4.89. The summed E-state index contributed by atoms with van der Waals surface area (Å²) in [5.74, 6) is 0. The normalized spacial score (nSPS) is 31.6. The lowest BCUT2D eigenvalue weighted by atomic mass is 9.92. The van der Waals surface area contributed by atoms with Gasteiger partial charge in [0, 0.05) is 5.54 Å². The molecule has 0 spiro atoms. The summed E-state index contributed by atoms with van der Waals surface area (Å²) in [6, 6.07) is 0. The van der Waals surface area contributed by atoms with Gasteiger partial charge in [0.05, 0.1) is 6.61 Å².